The highest BCUT2D eigenvalue weighted by Crippen LogP contribution is 2.38. The second-order valence-electron chi connectivity index (χ2n) is 6.99. The lowest BCUT2D eigenvalue weighted by Crippen LogP contribution is -2.32. The van der Waals surface area contributed by atoms with Gasteiger partial charge in [0.2, 0.25) is 16.6 Å². The molecule has 114 valence electrons. The van der Waals surface area contributed by atoms with Crippen LogP contribution in [-0.4, -0.2) is 16.6 Å². The van der Waals surface area contributed by atoms with E-state index in [4.69, 9.17) is 13.3 Å². The normalized spacial score (nSPS) is 12.5. The molecule has 1 aromatic heterocycles. The van der Waals surface area contributed by atoms with Crippen molar-refractivity contribution in [3.05, 3.63) is 34.7 Å². The fourth-order valence-corrected chi connectivity index (χ4v) is 3.53. The molecule has 0 aliphatic carbocycles. The van der Waals surface area contributed by atoms with Crippen LogP contribution < -0.4 is 14.5 Å². The molecule has 0 amide bonds. The number of hydrogen-bond donors (Lipinski definition) is 0. The molecule has 0 fully saturated rings. The van der Waals surface area contributed by atoms with E-state index in [1.807, 2.05) is 12.1 Å². The Kier molecular flexibility index (Phi) is 4.03. The van der Waals surface area contributed by atoms with Gasteiger partial charge in [-0.1, -0.05) is 0 Å². The predicted octanol–water partition coefficient (Wildman–Crippen LogP) is 4.22. The molecule has 0 saturated carbocycles. The maximum absolute atomic E-state index is 11.6. The molecule has 0 radical (unpaired) electrons. The van der Waals surface area contributed by atoms with E-state index < -0.39 is 16.6 Å². The second kappa shape index (κ2) is 5.34. The van der Waals surface area contributed by atoms with Crippen LogP contribution in [0, 0.1) is 0 Å². The summed E-state index contributed by atoms with van der Waals surface area (Å²) in [5.74, 6) is 1.23. The van der Waals surface area contributed by atoms with Crippen molar-refractivity contribution in [2.24, 2.45) is 0 Å². The second-order valence-corrected chi connectivity index (χ2v) is 15.9. The summed E-state index contributed by atoms with van der Waals surface area (Å²) in [6, 6.07) is 6.96. The molecule has 1 heterocycles. The average Bonchev–Trinajstić information content (AvgIpc) is 2.29. The summed E-state index contributed by atoms with van der Waals surface area (Å²) in [6.45, 7) is 12.6. The Balaban J connectivity index is 2.67. The van der Waals surface area contributed by atoms with Gasteiger partial charge in [-0.15, -0.1) is 0 Å². The first-order chi connectivity index (χ1) is 9.55. The number of rotatable bonds is 4. The first kappa shape index (κ1) is 15.8. The average molecular weight is 323 g/mol. The van der Waals surface area contributed by atoms with Gasteiger partial charge < -0.3 is 13.3 Å². The van der Waals surface area contributed by atoms with Crippen LogP contribution >= 0.6 is 0 Å². The third-order valence-corrected chi connectivity index (χ3v) is 4.18. The van der Waals surface area contributed by atoms with Crippen LogP contribution in [0.5, 0.6) is 11.5 Å². The summed E-state index contributed by atoms with van der Waals surface area (Å²) in [5.41, 5.74) is 0.0914. The van der Waals surface area contributed by atoms with Gasteiger partial charge in [0.15, 0.2) is 11.3 Å². The summed E-state index contributed by atoms with van der Waals surface area (Å²) >= 11 is 0. The molecule has 0 atom stereocenters. The predicted molar refractivity (Wildman–Crippen MR) is 90.4 cm³/mol. The summed E-state index contributed by atoms with van der Waals surface area (Å²) in [5, 5.41) is 0.839. The van der Waals surface area contributed by atoms with Gasteiger partial charge in [-0.3, -0.25) is 0 Å². The van der Waals surface area contributed by atoms with Gasteiger partial charge in [0.05, 0.1) is 0 Å². The van der Waals surface area contributed by atoms with Crippen molar-refractivity contribution in [2.75, 3.05) is 0 Å². The van der Waals surface area contributed by atoms with Gasteiger partial charge in [-0.2, -0.15) is 0 Å². The Morgan fingerprint density at radius 1 is 0.857 bits per heavy atom. The van der Waals surface area contributed by atoms with Crippen molar-refractivity contribution in [1.82, 2.24) is 0 Å². The van der Waals surface area contributed by atoms with Gasteiger partial charge >= 0.3 is 5.63 Å². The number of fused-ring (bicyclic) bond motifs is 1. The van der Waals surface area contributed by atoms with Crippen molar-refractivity contribution in [2.45, 2.75) is 39.3 Å². The lowest BCUT2D eigenvalue weighted by Gasteiger charge is -2.26. The topological polar surface area (TPSA) is 48.7 Å². The standard InChI is InChI=1S/C15H22O4Si2/c1-20(2,3)18-12-9-7-11-8-10-13(16)17-14(11)15(12)19-21(4,5)6/h7-10H,1-6H3. The van der Waals surface area contributed by atoms with Crippen LogP contribution in [-0.2, 0) is 0 Å². The Morgan fingerprint density at radius 2 is 1.43 bits per heavy atom. The minimum Gasteiger partial charge on any atom is -0.542 e. The summed E-state index contributed by atoms with van der Waals surface area (Å²) in [6.07, 6.45) is 0. The fraction of sp³-hybridized carbons (Fsp3) is 0.400. The first-order valence-corrected chi connectivity index (χ1v) is 13.8. The molecule has 2 rings (SSSR count). The van der Waals surface area contributed by atoms with Crippen LogP contribution in [0.15, 0.2) is 33.5 Å². The molecule has 1 aromatic carbocycles. The summed E-state index contributed by atoms with van der Waals surface area (Å²) < 4.78 is 17.6. The van der Waals surface area contributed by atoms with E-state index in [2.05, 4.69) is 39.3 Å². The summed E-state index contributed by atoms with van der Waals surface area (Å²) in [4.78, 5) is 11.6. The molecule has 0 spiro atoms. The zero-order valence-electron chi connectivity index (χ0n) is 13.4. The molecule has 2 aromatic rings. The van der Waals surface area contributed by atoms with Crippen molar-refractivity contribution in [3.63, 3.8) is 0 Å². The van der Waals surface area contributed by atoms with Crippen LogP contribution in [0.1, 0.15) is 0 Å². The van der Waals surface area contributed by atoms with E-state index >= 15 is 0 Å². The Labute approximate surface area is 127 Å². The van der Waals surface area contributed by atoms with Gasteiger partial charge in [0, 0.05) is 11.5 Å². The van der Waals surface area contributed by atoms with E-state index in [0.29, 0.717) is 17.1 Å². The fourth-order valence-electron chi connectivity index (χ4n) is 1.90. The third kappa shape index (κ3) is 4.21. The van der Waals surface area contributed by atoms with Crippen molar-refractivity contribution >= 4 is 27.6 Å². The van der Waals surface area contributed by atoms with Gasteiger partial charge in [0.1, 0.15) is 5.75 Å². The van der Waals surface area contributed by atoms with Crippen LogP contribution in [0.3, 0.4) is 0 Å². The monoisotopic (exact) mass is 322 g/mol. The lowest BCUT2D eigenvalue weighted by atomic mass is 10.2. The third-order valence-electron chi connectivity index (χ3n) is 2.53. The molecule has 0 aliphatic heterocycles. The molecule has 0 N–H and O–H groups in total. The maximum Gasteiger partial charge on any atom is 0.336 e. The molecular weight excluding hydrogens is 300 g/mol. The van der Waals surface area contributed by atoms with E-state index in [0.717, 1.165) is 5.39 Å². The minimum atomic E-state index is -1.87. The number of hydrogen-bond acceptors (Lipinski definition) is 4. The molecule has 6 heteroatoms. The smallest absolute Gasteiger partial charge is 0.336 e. The van der Waals surface area contributed by atoms with Crippen LogP contribution in [0.2, 0.25) is 39.3 Å². The Hall–Kier alpha value is -1.54. The van der Waals surface area contributed by atoms with Crippen LogP contribution in [0.4, 0.5) is 0 Å². The molecule has 0 unspecified atom stereocenters. The summed E-state index contributed by atoms with van der Waals surface area (Å²) in [7, 11) is -3.66. The Bertz CT molecular complexity index is 708. The van der Waals surface area contributed by atoms with Crippen molar-refractivity contribution in [1.29, 1.82) is 0 Å². The lowest BCUT2D eigenvalue weighted by molar-refractivity contribution is 0.473. The largest absolute Gasteiger partial charge is 0.542 e. The van der Waals surface area contributed by atoms with E-state index in [1.165, 1.54) is 6.07 Å². The van der Waals surface area contributed by atoms with Gasteiger partial charge in [-0.05, 0) is 57.5 Å². The highest BCUT2D eigenvalue weighted by molar-refractivity contribution is 6.71. The zero-order chi connectivity index (χ0) is 15.8. The van der Waals surface area contributed by atoms with Crippen LogP contribution in [0.25, 0.3) is 11.0 Å². The maximum atomic E-state index is 11.6. The molecule has 0 bridgehead atoms. The molecule has 4 nitrogen and oxygen atoms in total. The van der Waals surface area contributed by atoms with Crippen molar-refractivity contribution < 1.29 is 13.3 Å². The highest BCUT2D eigenvalue weighted by Gasteiger charge is 2.25. The SMILES string of the molecule is C[Si](C)(C)Oc1ccc2ccc(=O)oc2c1O[Si](C)(C)C. The zero-order valence-corrected chi connectivity index (χ0v) is 15.4. The van der Waals surface area contributed by atoms with E-state index in [-0.39, 0.29) is 5.63 Å². The molecule has 0 aliphatic rings. The first-order valence-electron chi connectivity index (χ1n) is 7.00. The minimum absolute atomic E-state index is 0.381. The van der Waals surface area contributed by atoms with Crippen molar-refractivity contribution in [3.8, 4) is 11.5 Å². The molecule has 0 saturated heterocycles. The number of benzene rings is 1. The molecule has 21 heavy (non-hydrogen) atoms. The van der Waals surface area contributed by atoms with E-state index in [9.17, 15) is 4.79 Å². The molecular formula is C15H22O4Si2. The highest BCUT2D eigenvalue weighted by atomic mass is 28.4. The Morgan fingerprint density at radius 3 is 2.00 bits per heavy atom. The van der Waals surface area contributed by atoms with Gasteiger partial charge in [0.25, 0.3) is 0 Å². The van der Waals surface area contributed by atoms with E-state index in [1.54, 1.807) is 6.07 Å². The quantitative estimate of drug-likeness (QED) is 0.624. The van der Waals surface area contributed by atoms with Gasteiger partial charge in [-0.25, -0.2) is 4.79 Å².